The van der Waals surface area contributed by atoms with E-state index in [0.717, 1.165) is 5.56 Å². The summed E-state index contributed by atoms with van der Waals surface area (Å²) in [6.45, 7) is -0.00998. The fraction of sp³-hybridized carbons (Fsp3) is 0.182. The van der Waals surface area contributed by atoms with Crippen LogP contribution in [0.1, 0.15) is 15.9 Å². The van der Waals surface area contributed by atoms with Gasteiger partial charge in [-0.3, -0.25) is 0 Å². The van der Waals surface area contributed by atoms with E-state index < -0.39 is 5.97 Å². The molecule has 1 aromatic carbocycles. The molecule has 1 rings (SSSR count). The molecule has 0 saturated heterocycles. The zero-order valence-electron chi connectivity index (χ0n) is 7.50. The van der Waals surface area contributed by atoms with Crippen molar-refractivity contribution in [3.63, 3.8) is 0 Å². The summed E-state index contributed by atoms with van der Waals surface area (Å²) < 4.78 is 4.76. The molecule has 0 bridgehead atoms. The highest BCUT2D eigenvalue weighted by Crippen LogP contribution is 2.08. The molecule has 0 heterocycles. The number of benzene rings is 1. The number of alkyl halides is 1. The smallest absolute Gasteiger partial charge is 0.339 e. The van der Waals surface area contributed by atoms with Gasteiger partial charge in [-0.15, -0.1) is 18.0 Å². The van der Waals surface area contributed by atoms with Gasteiger partial charge in [-0.1, -0.05) is 18.1 Å². The van der Waals surface area contributed by atoms with E-state index in [4.69, 9.17) is 22.8 Å². The number of carbonyl (C=O) groups is 1. The SMILES string of the molecule is C#CCOC(=O)c1cccc(CCl)c1. The molecule has 0 unspecified atom stereocenters. The maximum Gasteiger partial charge on any atom is 0.339 e. The largest absolute Gasteiger partial charge is 0.449 e. The Morgan fingerprint density at radius 3 is 3.00 bits per heavy atom. The Kier molecular flexibility index (Phi) is 4.03. The highest BCUT2D eigenvalue weighted by Gasteiger charge is 2.06. The molecule has 14 heavy (non-hydrogen) atoms. The number of carbonyl (C=O) groups excluding carboxylic acids is 1. The van der Waals surface area contributed by atoms with E-state index in [9.17, 15) is 4.79 Å². The molecule has 0 atom stereocenters. The van der Waals surface area contributed by atoms with Gasteiger partial charge in [0.15, 0.2) is 6.61 Å². The van der Waals surface area contributed by atoms with E-state index in [-0.39, 0.29) is 6.61 Å². The summed E-state index contributed by atoms with van der Waals surface area (Å²) in [7, 11) is 0. The third kappa shape index (κ3) is 2.79. The van der Waals surface area contributed by atoms with Crippen LogP contribution in [0.2, 0.25) is 0 Å². The van der Waals surface area contributed by atoms with E-state index in [1.807, 2.05) is 6.07 Å². The molecule has 3 heteroatoms. The molecule has 0 aliphatic heterocycles. The number of halogens is 1. The zero-order chi connectivity index (χ0) is 10.4. The first-order chi connectivity index (χ1) is 6.77. The Balaban J connectivity index is 2.75. The van der Waals surface area contributed by atoms with Crippen LogP contribution in [0.5, 0.6) is 0 Å². The summed E-state index contributed by atoms with van der Waals surface area (Å²) in [5.41, 5.74) is 1.35. The van der Waals surface area contributed by atoms with Gasteiger partial charge >= 0.3 is 5.97 Å². The number of ether oxygens (including phenoxy) is 1. The lowest BCUT2D eigenvalue weighted by atomic mass is 10.1. The van der Waals surface area contributed by atoms with Gasteiger partial charge in [0.2, 0.25) is 0 Å². The maximum atomic E-state index is 11.3. The third-order valence-corrected chi connectivity index (χ3v) is 1.91. The van der Waals surface area contributed by atoms with Crippen molar-refractivity contribution >= 4 is 17.6 Å². The van der Waals surface area contributed by atoms with E-state index in [1.54, 1.807) is 18.2 Å². The molecular weight excluding hydrogens is 200 g/mol. The number of hydrogen-bond donors (Lipinski definition) is 0. The van der Waals surface area contributed by atoms with Gasteiger partial charge in [0.1, 0.15) is 0 Å². The molecule has 0 radical (unpaired) electrons. The second kappa shape index (κ2) is 5.31. The number of hydrogen-bond acceptors (Lipinski definition) is 2. The second-order valence-electron chi connectivity index (χ2n) is 2.61. The lowest BCUT2D eigenvalue weighted by molar-refractivity contribution is 0.0556. The van der Waals surface area contributed by atoms with Crippen molar-refractivity contribution in [2.24, 2.45) is 0 Å². The summed E-state index contributed by atoms with van der Waals surface area (Å²) in [6.07, 6.45) is 4.96. The average Bonchev–Trinajstić information content (AvgIpc) is 2.26. The van der Waals surface area contributed by atoms with Crippen molar-refractivity contribution in [2.75, 3.05) is 6.61 Å². The van der Waals surface area contributed by atoms with Crippen LogP contribution in [-0.4, -0.2) is 12.6 Å². The lowest BCUT2D eigenvalue weighted by Crippen LogP contribution is -2.05. The molecule has 0 aliphatic carbocycles. The lowest BCUT2D eigenvalue weighted by Gasteiger charge is -2.02. The highest BCUT2D eigenvalue weighted by atomic mass is 35.5. The molecule has 2 nitrogen and oxygen atoms in total. The summed E-state index contributed by atoms with van der Waals surface area (Å²) in [4.78, 5) is 11.3. The summed E-state index contributed by atoms with van der Waals surface area (Å²) in [6, 6.07) is 6.94. The minimum Gasteiger partial charge on any atom is -0.449 e. The van der Waals surface area contributed by atoms with Gasteiger partial charge in [-0.05, 0) is 17.7 Å². The molecule has 0 spiro atoms. The summed E-state index contributed by atoms with van der Waals surface area (Å²) in [5.74, 6) is 2.18. The predicted octanol–water partition coefficient (Wildman–Crippen LogP) is 2.22. The molecule has 0 fully saturated rings. The monoisotopic (exact) mass is 208 g/mol. The van der Waals surface area contributed by atoms with Crippen LogP contribution < -0.4 is 0 Å². The standard InChI is InChI=1S/C11H9ClO2/c1-2-6-14-11(13)10-5-3-4-9(7-10)8-12/h1,3-5,7H,6,8H2. The average molecular weight is 209 g/mol. The van der Waals surface area contributed by atoms with Gasteiger partial charge in [0.25, 0.3) is 0 Å². The van der Waals surface area contributed by atoms with Gasteiger partial charge in [0, 0.05) is 5.88 Å². The minimum atomic E-state index is -0.421. The summed E-state index contributed by atoms with van der Waals surface area (Å²) in [5, 5.41) is 0. The Labute approximate surface area is 87.8 Å². The highest BCUT2D eigenvalue weighted by molar-refractivity contribution is 6.17. The van der Waals surface area contributed by atoms with Gasteiger partial charge < -0.3 is 4.74 Å². The van der Waals surface area contributed by atoms with Crippen molar-refractivity contribution in [3.05, 3.63) is 35.4 Å². The third-order valence-electron chi connectivity index (χ3n) is 1.60. The molecule has 0 N–H and O–H groups in total. The second-order valence-corrected chi connectivity index (χ2v) is 2.88. The van der Waals surface area contributed by atoms with Crippen molar-refractivity contribution in [1.82, 2.24) is 0 Å². The first-order valence-corrected chi connectivity index (χ1v) is 4.57. The van der Waals surface area contributed by atoms with Crippen LogP contribution in [-0.2, 0) is 10.6 Å². The fourth-order valence-corrected chi connectivity index (χ4v) is 1.14. The normalized spacial score (nSPS) is 9.14. The van der Waals surface area contributed by atoms with Crippen LogP contribution in [0, 0.1) is 12.3 Å². The Morgan fingerprint density at radius 2 is 2.36 bits per heavy atom. The van der Waals surface area contributed by atoms with Crippen molar-refractivity contribution in [3.8, 4) is 12.3 Å². The molecule has 0 amide bonds. The van der Waals surface area contributed by atoms with E-state index in [1.165, 1.54) is 0 Å². The molecule has 0 saturated carbocycles. The van der Waals surface area contributed by atoms with Crippen LogP contribution in [0.25, 0.3) is 0 Å². The van der Waals surface area contributed by atoms with Crippen LogP contribution in [0.15, 0.2) is 24.3 Å². The number of terminal acetylenes is 1. The van der Waals surface area contributed by atoms with Crippen LogP contribution >= 0.6 is 11.6 Å². The van der Waals surface area contributed by atoms with Crippen molar-refractivity contribution in [1.29, 1.82) is 0 Å². The van der Waals surface area contributed by atoms with Gasteiger partial charge in [-0.25, -0.2) is 4.79 Å². The predicted molar refractivity (Wildman–Crippen MR) is 55.1 cm³/mol. The van der Waals surface area contributed by atoms with E-state index in [2.05, 4.69) is 5.92 Å². The minimum absolute atomic E-state index is 0.00998. The molecule has 72 valence electrons. The topological polar surface area (TPSA) is 26.3 Å². The van der Waals surface area contributed by atoms with Crippen LogP contribution in [0.3, 0.4) is 0 Å². The van der Waals surface area contributed by atoms with Gasteiger partial charge in [0.05, 0.1) is 5.56 Å². The Bertz CT molecular complexity index is 366. The van der Waals surface area contributed by atoms with Crippen molar-refractivity contribution in [2.45, 2.75) is 5.88 Å². The summed E-state index contributed by atoms with van der Waals surface area (Å²) >= 11 is 5.62. The quantitative estimate of drug-likeness (QED) is 0.433. The van der Waals surface area contributed by atoms with E-state index >= 15 is 0 Å². The number of rotatable bonds is 3. The molecule has 0 aliphatic rings. The van der Waals surface area contributed by atoms with Crippen LogP contribution in [0.4, 0.5) is 0 Å². The number of esters is 1. The van der Waals surface area contributed by atoms with Gasteiger partial charge in [-0.2, -0.15) is 0 Å². The zero-order valence-corrected chi connectivity index (χ0v) is 8.25. The molecule has 1 aromatic rings. The molecular formula is C11H9ClO2. The molecule has 0 aromatic heterocycles. The first-order valence-electron chi connectivity index (χ1n) is 4.03. The fourth-order valence-electron chi connectivity index (χ4n) is 0.972. The first kappa shape index (κ1) is 10.6. The van der Waals surface area contributed by atoms with Crippen molar-refractivity contribution < 1.29 is 9.53 Å². The maximum absolute atomic E-state index is 11.3. The Morgan fingerprint density at radius 1 is 1.57 bits per heavy atom. The Hall–Kier alpha value is -1.46. The van der Waals surface area contributed by atoms with E-state index in [0.29, 0.717) is 11.4 Å².